The van der Waals surface area contributed by atoms with Crippen molar-refractivity contribution in [2.75, 3.05) is 6.79 Å². The zero-order valence-electron chi connectivity index (χ0n) is 11.2. The molecule has 108 valence electrons. The molecule has 1 heterocycles. The van der Waals surface area contributed by atoms with Gasteiger partial charge in [-0.05, 0) is 23.8 Å². The van der Waals surface area contributed by atoms with Crippen molar-refractivity contribution in [2.24, 2.45) is 10.9 Å². The molecular weight excluding hydrogens is 272 g/mol. The SMILES string of the molecule is N/C(=N\O)c1cccc(COc2ccc3c(c2)OCO3)c1. The number of fused-ring (bicyclic) bond motifs is 1. The Morgan fingerprint density at radius 1 is 1.19 bits per heavy atom. The number of oxime groups is 1. The molecule has 0 bridgehead atoms. The Bertz CT molecular complexity index is 685. The lowest BCUT2D eigenvalue weighted by molar-refractivity contribution is 0.173. The zero-order chi connectivity index (χ0) is 14.7. The van der Waals surface area contributed by atoms with Gasteiger partial charge in [0.2, 0.25) is 6.79 Å². The van der Waals surface area contributed by atoms with Crippen molar-refractivity contribution < 1.29 is 19.4 Å². The van der Waals surface area contributed by atoms with E-state index in [1.165, 1.54) is 0 Å². The van der Waals surface area contributed by atoms with E-state index in [2.05, 4.69) is 5.16 Å². The smallest absolute Gasteiger partial charge is 0.231 e. The average molecular weight is 286 g/mol. The number of benzene rings is 2. The number of nitrogens with two attached hydrogens (primary N) is 1. The number of amidine groups is 1. The van der Waals surface area contributed by atoms with Gasteiger partial charge >= 0.3 is 0 Å². The van der Waals surface area contributed by atoms with Crippen LogP contribution in [0.2, 0.25) is 0 Å². The standard InChI is InChI=1S/C15H14N2O4/c16-15(17-18)11-3-1-2-10(6-11)8-19-12-4-5-13-14(7-12)21-9-20-13/h1-7,18H,8-9H2,(H2,16,17). The summed E-state index contributed by atoms with van der Waals surface area (Å²) in [5, 5.41) is 11.7. The average Bonchev–Trinajstić information content (AvgIpc) is 3.00. The monoisotopic (exact) mass is 286 g/mol. The van der Waals surface area contributed by atoms with Crippen LogP contribution < -0.4 is 19.9 Å². The zero-order valence-corrected chi connectivity index (χ0v) is 11.2. The molecule has 1 aliphatic rings. The Morgan fingerprint density at radius 2 is 2.05 bits per heavy atom. The molecule has 0 saturated carbocycles. The highest BCUT2D eigenvalue weighted by Gasteiger charge is 2.13. The molecule has 0 amide bonds. The fraction of sp³-hybridized carbons (Fsp3) is 0.133. The molecule has 6 heteroatoms. The predicted octanol–water partition coefficient (Wildman–Crippen LogP) is 2.09. The van der Waals surface area contributed by atoms with Crippen LogP contribution in [-0.2, 0) is 6.61 Å². The Kier molecular flexibility index (Phi) is 3.51. The first-order valence-electron chi connectivity index (χ1n) is 6.35. The molecule has 0 unspecified atom stereocenters. The van der Waals surface area contributed by atoms with Crippen molar-refractivity contribution in [1.29, 1.82) is 0 Å². The molecule has 0 radical (unpaired) electrons. The summed E-state index contributed by atoms with van der Waals surface area (Å²) in [6, 6.07) is 12.7. The van der Waals surface area contributed by atoms with Crippen LogP contribution in [0.1, 0.15) is 11.1 Å². The van der Waals surface area contributed by atoms with Crippen LogP contribution in [0, 0.1) is 0 Å². The molecule has 3 rings (SSSR count). The van der Waals surface area contributed by atoms with Crippen molar-refractivity contribution in [3.8, 4) is 17.2 Å². The van der Waals surface area contributed by atoms with Gasteiger partial charge in [0.05, 0.1) is 0 Å². The van der Waals surface area contributed by atoms with Crippen LogP contribution in [0.3, 0.4) is 0 Å². The fourth-order valence-electron chi connectivity index (χ4n) is 2.01. The second-order valence-corrected chi connectivity index (χ2v) is 4.49. The quantitative estimate of drug-likeness (QED) is 0.389. The minimum absolute atomic E-state index is 0.0694. The van der Waals surface area contributed by atoms with Gasteiger partial charge in [0.25, 0.3) is 0 Å². The van der Waals surface area contributed by atoms with Crippen LogP contribution in [0.15, 0.2) is 47.6 Å². The van der Waals surface area contributed by atoms with Gasteiger partial charge in [0, 0.05) is 11.6 Å². The van der Waals surface area contributed by atoms with E-state index < -0.39 is 0 Å². The maximum absolute atomic E-state index is 8.68. The van der Waals surface area contributed by atoms with Crippen LogP contribution in [-0.4, -0.2) is 17.8 Å². The summed E-state index contributed by atoms with van der Waals surface area (Å²) in [7, 11) is 0. The highest BCUT2D eigenvalue weighted by Crippen LogP contribution is 2.35. The summed E-state index contributed by atoms with van der Waals surface area (Å²) >= 11 is 0. The van der Waals surface area contributed by atoms with E-state index in [4.69, 9.17) is 25.2 Å². The minimum Gasteiger partial charge on any atom is -0.489 e. The van der Waals surface area contributed by atoms with Crippen LogP contribution >= 0.6 is 0 Å². The number of nitrogens with zero attached hydrogens (tertiary/aromatic N) is 1. The summed E-state index contributed by atoms with van der Waals surface area (Å²) in [5.41, 5.74) is 7.12. The molecule has 6 nitrogen and oxygen atoms in total. The van der Waals surface area contributed by atoms with Gasteiger partial charge in [-0.1, -0.05) is 23.4 Å². The molecule has 0 fully saturated rings. The minimum atomic E-state index is 0.0694. The summed E-state index contributed by atoms with van der Waals surface area (Å²) < 4.78 is 16.2. The first kappa shape index (κ1) is 13.1. The number of rotatable bonds is 4. The van der Waals surface area contributed by atoms with E-state index in [0.717, 1.165) is 11.3 Å². The topological polar surface area (TPSA) is 86.3 Å². The van der Waals surface area contributed by atoms with Gasteiger partial charge in [-0.2, -0.15) is 0 Å². The largest absolute Gasteiger partial charge is 0.489 e. The van der Waals surface area contributed by atoms with E-state index >= 15 is 0 Å². The maximum Gasteiger partial charge on any atom is 0.231 e. The number of hydrogen-bond donors (Lipinski definition) is 2. The van der Waals surface area contributed by atoms with E-state index in [1.54, 1.807) is 12.1 Å². The Labute approximate surface area is 121 Å². The molecule has 0 saturated heterocycles. The highest BCUT2D eigenvalue weighted by molar-refractivity contribution is 5.97. The summed E-state index contributed by atoms with van der Waals surface area (Å²) in [6.45, 7) is 0.604. The van der Waals surface area contributed by atoms with Crippen molar-refractivity contribution in [2.45, 2.75) is 6.61 Å². The van der Waals surface area contributed by atoms with Crippen LogP contribution in [0.5, 0.6) is 17.2 Å². The maximum atomic E-state index is 8.68. The molecule has 0 atom stereocenters. The van der Waals surface area contributed by atoms with E-state index in [0.29, 0.717) is 23.7 Å². The van der Waals surface area contributed by atoms with Gasteiger partial charge < -0.3 is 25.2 Å². The molecule has 0 spiro atoms. The molecular formula is C15H14N2O4. The van der Waals surface area contributed by atoms with Crippen molar-refractivity contribution in [3.05, 3.63) is 53.6 Å². The van der Waals surface area contributed by atoms with Gasteiger partial charge in [0.1, 0.15) is 12.4 Å². The second-order valence-electron chi connectivity index (χ2n) is 4.49. The molecule has 3 N–H and O–H groups in total. The molecule has 21 heavy (non-hydrogen) atoms. The van der Waals surface area contributed by atoms with Crippen molar-refractivity contribution >= 4 is 5.84 Å². The first-order chi connectivity index (χ1) is 10.3. The van der Waals surface area contributed by atoms with Crippen molar-refractivity contribution in [3.63, 3.8) is 0 Å². The Morgan fingerprint density at radius 3 is 2.90 bits per heavy atom. The predicted molar refractivity (Wildman–Crippen MR) is 75.8 cm³/mol. The van der Waals surface area contributed by atoms with Gasteiger partial charge in [-0.25, -0.2) is 0 Å². The van der Waals surface area contributed by atoms with Crippen molar-refractivity contribution in [1.82, 2.24) is 0 Å². The molecule has 2 aromatic rings. The lowest BCUT2D eigenvalue weighted by atomic mass is 10.1. The van der Waals surface area contributed by atoms with Crippen LogP contribution in [0.25, 0.3) is 0 Å². The first-order valence-corrected chi connectivity index (χ1v) is 6.35. The summed E-state index contributed by atoms with van der Waals surface area (Å²) in [5.74, 6) is 2.16. The lowest BCUT2D eigenvalue weighted by Gasteiger charge is -2.08. The van der Waals surface area contributed by atoms with Crippen LogP contribution in [0.4, 0.5) is 0 Å². The summed E-state index contributed by atoms with van der Waals surface area (Å²) in [6.07, 6.45) is 0. The molecule has 2 aromatic carbocycles. The molecule has 0 aliphatic carbocycles. The van der Waals surface area contributed by atoms with E-state index in [-0.39, 0.29) is 12.6 Å². The Hall–Kier alpha value is -2.89. The molecule has 0 aromatic heterocycles. The third-order valence-electron chi connectivity index (χ3n) is 3.08. The summed E-state index contributed by atoms with van der Waals surface area (Å²) in [4.78, 5) is 0. The Balaban J connectivity index is 1.70. The third kappa shape index (κ3) is 2.84. The molecule has 1 aliphatic heterocycles. The van der Waals surface area contributed by atoms with Gasteiger partial charge in [0.15, 0.2) is 17.3 Å². The second kappa shape index (κ2) is 5.62. The van der Waals surface area contributed by atoms with Gasteiger partial charge in [-0.15, -0.1) is 0 Å². The number of ether oxygens (including phenoxy) is 3. The fourth-order valence-corrected chi connectivity index (χ4v) is 2.01. The number of hydrogen-bond acceptors (Lipinski definition) is 5. The van der Waals surface area contributed by atoms with E-state index in [9.17, 15) is 0 Å². The highest BCUT2D eigenvalue weighted by atomic mass is 16.7. The van der Waals surface area contributed by atoms with Gasteiger partial charge in [-0.3, -0.25) is 0 Å². The third-order valence-corrected chi connectivity index (χ3v) is 3.08. The van der Waals surface area contributed by atoms with E-state index in [1.807, 2.05) is 30.3 Å². The lowest BCUT2D eigenvalue weighted by Crippen LogP contribution is -2.13. The normalized spacial score (nSPS) is 13.2.